The molecule has 1 heterocycles. The summed E-state index contributed by atoms with van der Waals surface area (Å²) in [5.74, 6) is 2.23. The van der Waals surface area contributed by atoms with Gasteiger partial charge in [-0.15, -0.1) is 11.8 Å². The highest BCUT2D eigenvalue weighted by atomic mass is 32.2. The maximum Gasteiger partial charge on any atom is 0.0840 e. The molecule has 2 N–H and O–H groups in total. The van der Waals surface area contributed by atoms with Crippen molar-refractivity contribution >= 4 is 11.8 Å². The number of fused-ring (bicyclic) bond motifs is 1. The third-order valence-corrected chi connectivity index (χ3v) is 7.39. The van der Waals surface area contributed by atoms with Crippen LogP contribution in [0.2, 0.25) is 0 Å². The van der Waals surface area contributed by atoms with Gasteiger partial charge < -0.3 is 10.2 Å². The minimum atomic E-state index is -0.786. The van der Waals surface area contributed by atoms with E-state index in [0.29, 0.717) is 11.8 Å². The molecule has 2 fully saturated rings. The van der Waals surface area contributed by atoms with E-state index in [-0.39, 0.29) is 0 Å². The van der Waals surface area contributed by atoms with Gasteiger partial charge >= 0.3 is 0 Å². The zero-order valence-electron chi connectivity index (χ0n) is 16.8. The van der Waals surface area contributed by atoms with Gasteiger partial charge in [-0.25, -0.2) is 0 Å². The Kier molecular flexibility index (Phi) is 5.58. The largest absolute Gasteiger partial charge is 0.390 e. The quantitative estimate of drug-likeness (QED) is 0.714. The van der Waals surface area contributed by atoms with E-state index in [2.05, 4.69) is 41.3 Å². The third kappa shape index (κ3) is 4.62. The lowest BCUT2D eigenvalue weighted by atomic mass is 9.91. The van der Waals surface area contributed by atoms with Crippen molar-refractivity contribution in [3.8, 4) is 0 Å². The molecule has 1 saturated heterocycles. The highest BCUT2D eigenvalue weighted by Crippen LogP contribution is 2.45. The molecule has 1 aliphatic carbocycles. The fraction of sp³-hybridized carbons (Fsp3) is 0.500. The lowest BCUT2D eigenvalue weighted by molar-refractivity contribution is 0.0362. The molecule has 28 heavy (non-hydrogen) atoms. The van der Waals surface area contributed by atoms with E-state index >= 15 is 0 Å². The second-order valence-electron chi connectivity index (χ2n) is 9.21. The first-order valence-electron chi connectivity index (χ1n) is 10.3. The van der Waals surface area contributed by atoms with E-state index in [0.717, 1.165) is 43.8 Å². The van der Waals surface area contributed by atoms with Gasteiger partial charge in [0.2, 0.25) is 0 Å². The van der Waals surface area contributed by atoms with E-state index in [9.17, 15) is 10.2 Å². The monoisotopic (exact) mass is 397 g/mol. The van der Waals surface area contributed by atoms with Gasteiger partial charge in [-0.1, -0.05) is 42.5 Å². The van der Waals surface area contributed by atoms with Crippen LogP contribution in [-0.4, -0.2) is 39.7 Å². The molecule has 2 aromatic rings. The molecule has 0 spiro atoms. The fourth-order valence-electron chi connectivity index (χ4n) is 4.91. The van der Waals surface area contributed by atoms with Crippen LogP contribution in [0, 0.1) is 11.8 Å². The minimum Gasteiger partial charge on any atom is -0.390 e. The average Bonchev–Trinajstić information content (AvgIpc) is 3.14. The highest BCUT2D eigenvalue weighted by Gasteiger charge is 2.47. The summed E-state index contributed by atoms with van der Waals surface area (Å²) in [5.41, 5.74) is 0.881. The molecule has 0 amide bonds. The topological polar surface area (TPSA) is 43.7 Å². The molecule has 4 heteroatoms. The SMILES string of the molecule is CC(C)(O)c1ccc(SCN2C[C@@H]3CC(O)(Cc4ccccc4)C[C@@H]3C2)cc1. The molecule has 0 aromatic heterocycles. The van der Waals surface area contributed by atoms with Crippen LogP contribution in [0.5, 0.6) is 0 Å². The summed E-state index contributed by atoms with van der Waals surface area (Å²) < 4.78 is 0. The van der Waals surface area contributed by atoms with E-state index in [4.69, 9.17) is 0 Å². The maximum absolute atomic E-state index is 11.1. The predicted molar refractivity (Wildman–Crippen MR) is 115 cm³/mol. The predicted octanol–water partition coefficient (Wildman–Crippen LogP) is 4.28. The molecule has 2 aromatic carbocycles. The summed E-state index contributed by atoms with van der Waals surface area (Å²) in [6.07, 6.45) is 2.63. The van der Waals surface area contributed by atoms with Gasteiger partial charge in [0.15, 0.2) is 0 Å². The first-order chi connectivity index (χ1) is 13.3. The molecule has 1 unspecified atom stereocenters. The van der Waals surface area contributed by atoms with Gasteiger partial charge in [-0.05, 0) is 61.8 Å². The summed E-state index contributed by atoms with van der Waals surface area (Å²) in [5, 5.41) is 21.2. The van der Waals surface area contributed by atoms with Crippen LogP contribution < -0.4 is 0 Å². The summed E-state index contributed by atoms with van der Waals surface area (Å²) in [7, 11) is 0. The summed E-state index contributed by atoms with van der Waals surface area (Å²) in [6.45, 7) is 5.82. The van der Waals surface area contributed by atoms with Gasteiger partial charge in [0.05, 0.1) is 11.2 Å². The van der Waals surface area contributed by atoms with Crippen molar-refractivity contribution in [3.05, 3.63) is 65.7 Å². The number of likely N-dealkylation sites (tertiary alicyclic amines) is 1. The summed E-state index contributed by atoms with van der Waals surface area (Å²) in [4.78, 5) is 3.78. The highest BCUT2D eigenvalue weighted by molar-refractivity contribution is 7.99. The van der Waals surface area contributed by atoms with Crippen LogP contribution in [0.15, 0.2) is 59.5 Å². The normalized spacial score (nSPS) is 27.9. The number of hydrogen-bond acceptors (Lipinski definition) is 4. The number of rotatable bonds is 6. The Bertz CT molecular complexity index is 771. The molecule has 4 rings (SSSR count). The molecule has 0 radical (unpaired) electrons. The van der Waals surface area contributed by atoms with Crippen LogP contribution >= 0.6 is 11.8 Å². The van der Waals surface area contributed by atoms with Crippen molar-refractivity contribution in [1.82, 2.24) is 4.90 Å². The maximum atomic E-state index is 11.1. The Morgan fingerprint density at radius 1 is 1.00 bits per heavy atom. The number of hydrogen-bond donors (Lipinski definition) is 2. The Labute approximate surface area is 172 Å². The standard InChI is InChI=1S/C24H31NO2S/c1-23(2,26)21-8-10-22(11-9-21)28-17-25-15-19-13-24(27,14-20(19)16-25)12-18-6-4-3-5-7-18/h3-11,19-20,26-27H,12-17H2,1-2H3/t19-,20+,24?. The van der Waals surface area contributed by atoms with Crippen molar-refractivity contribution in [2.75, 3.05) is 19.0 Å². The van der Waals surface area contributed by atoms with Gasteiger partial charge in [0, 0.05) is 30.3 Å². The lowest BCUT2D eigenvalue weighted by Crippen LogP contribution is -2.32. The molecule has 3 atom stereocenters. The van der Waals surface area contributed by atoms with Crippen molar-refractivity contribution < 1.29 is 10.2 Å². The summed E-state index contributed by atoms with van der Waals surface area (Å²) >= 11 is 1.86. The smallest absolute Gasteiger partial charge is 0.0840 e. The molecular formula is C24H31NO2S. The molecule has 3 nitrogen and oxygen atoms in total. The molecular weight excluding hydrogens is 366 g/mol. The Morgan fingerprint density at radius 3 is 2.18 bits per heavy atom. The molecule has 0 bridgehead atoms. The number of thioether (sulfide) groups is 1. The molecule has 150 valence electrons. The van der Waals surface area contributed by atoms with Gasteiger partial charge in [-0.3, -0.25) is 4.90 Å². The number of nitrogens with zero attached hydrogens (tertiary/aromatic N) is 1. The zero-order chi connectivity index (χ0) is 19.8. The molecule has 1 aliphatic heterocycles. The average molecular weight is 398 g/mol. The third-order valence-electron chi connectivity index (χ3n) is 6.29. The Morgan fingerprint density at radius 2 is 1.61 bits per heavy atom. The Hall–Kier alpha value is -1.33. The van der Waals surface area contributed by atoms with Crippen LogP contribution in [0.25, 0.3) is 0 Å². The van der Waals surface area contributed by atoms with Crippen LogP contribution in [-0.2, 0) is 12.0 Å². The van der Waals surface area contributed by atoms with Crippen molar-refractivity contribution in [3.63, 3.8) is 0 Å². The second kappa shape index (κ2) is 7.83. The summed E-state index contributed by atoms with van der Waals surface area (Å²) in [6, 6.07) is 18.6. The van der Waals surface area contributed by atoms with Crippen LogP contribution in [0.3, 0.4) is 0 Å². The van der Waals surface area contributed by atoms with Gasteiger partial charge in [-0.2, -0.15) is 0 Å². The van der Waals surface area contributed by atoms with Crippen molar-refractivity contribution in [2.24, 2.45) is 11.8 Å². The van der Waals surface area contributed by atoms with Gasteiger partial charge in [0.25, 0.3) is 0 Å². The molecule has 1 saturated carbocycles. The first kappa shape index (κ1) is 20.0. The van der Waals surface area contributed by atoms with E-state index in [1.54, 1.807) is 0 Å². The second-order valence-corrected chi connectivity index (χ2v) is 10.2. The number of aliphatic hydroxyl groups is 2. The molecule has 2 aliphatic rings. The van der Waals surface area contributed by atoms with Crippen LogP contribution in [0.1, 0.15) is 37.8 Å². The lowest BCUT2D eigenvalue weighted by Gasteiger charge is -2.26. The van der Waals surface area contributed by atoms with Crippen LogP contribution in [0.4, 0.5) is 0 Å². The first-order valence-corrected chi connectivity index (χ1v) is 11.2. The fourth-order valence-corrected chi connectivity index (χ4v) is 5.78. The van der Waals surface area contributed by atoms with E-state index < -0.39 is 11.2 Å². The van der Waals surface area contributed by atoms with Crippen molar-refractivity contribution in [2.45, 2.75) is 49.2 Å². The minimum absolute atomic E-state index is 0.525. The van der Waals surface area contributed by atoms with E-state index in [1.165, 1.54) is 10.5 Å². The number of benzene rings is 2. The van der Waals surface area contributed by atoms with Gasteiger partial charge in [0.1, 0.15) is 0 Å². The zero-order valence-corrected chi connectivity index (χ0v) is 17.7. The van der Waals surface area contributed by atoms with Crippen molar-refractivity contribution in [1.29, 1.82) is 0 Å². The Balaban J connectivity index is 1.27. The van der Waals surface area contributed by atoms with E-state index in [1.807, 2.05) is 43.8 Å².